The zero-order chi connectivity index (χ0) is 33.1. The largest absolute Gasteiger partial charge is 0.453 e. The number of anilines is 1. The Hall–Kier alpha value is -3.94. The molecule has 4 heterocycles. The van der Waals surface area contributed by atoms with Gasteiger partial charge in [0.05, 0.1) is 25.1 Å². The highest BCUT2D eigenvalue weighted by molar-refractivity contribution is 5.67. The van der Waals surface area contributed by atoms with Crippen molar-refractivity contribution in [1.82, 2.24) is 24.7 Å². The van der Waals surface area contributed by atoms with Gasteiger partial charge in [-0.3, -0.25) is 0 Å². The summed E-state index contributed by atoms with van der Waals surface area (Å²) in [6.45, 7) is 8.89. The third kappa shape index (κ3) is 6.68. The van der Waals surface area contributed by atoms with Gasteiger partial charge in [-0.05, 0) is 112 Å². The molecule has 1 unspecified atom stereocenters. The molecule has 0 spiro atoms. The van der Waals surface area contributed by atoms with Crippen molar-refractivity contribution >= 4 is 11.8 Å². The summed E-state index contributed by atoms with van der Waals surface area (Å²) in [5.74, 6) is 1.04. The third-order valence-electron chi connectivity index (χ3n) is 11.7. The molecule has 7 rings (SSSR count). The smallest absolute Gasteiger partial charge is 0.407 e. The quantitative estimate of drug-likeness (QED) is 0.302. The van der Waals surface area contributed by atoms with Crippen LogP contribution in [0.25, 0.3) is 0 Å². The molecule has 10 heteroatoms. The van der Waals surface area contributed by atoms with Crippen molar-refractivity contribution in [3.8, 4) is 6.07 Å². The van der Waals surface area contributed by atoms with E-state index >= 15 is 0 Å². The molecule has 48 heavy (non-hydrogen) atoms. The van der Waals surface area contributed by atoms with Gasteiger partial charge >= 0.3 is 6.09 Å². The number of benzene rings is 2. The van der Waals surface area contributed by atoms with E-state index < -0.39 is 0 Å². The molecule has 3 saturated heterocycles. The number of nitrogens with one attached hydrogen (secondary N) is 1. The number of hydrogen-bond acceptors (Lipinski definition) is 7. The molecule has 254 valence electrons. The Morgan fingerprint density at radius 2 is 1.90 bits per heavy atom. The van der Waals surface area contributed by atoms with Crippen molar-refractivity contribution < 1.29 is 13.9 Å². The molecular formula is C38H48FN7O2. The van der Waals surface area contributed by atoms with E-state index in [2.05, 4.69) is 49.3 Å². The molecule has 3 aliphatic heterocycles. The number of methoxy groups -OCH3 is 1. The van der Waals surface area contributed by atoms with E-state index in [-0.39, 0.29) is 29.3 Å². The number of halogens is 1. The number of imidazole rings is 1. The lowest BCUT2D eigenvalue weighted by molar-refractivity contribution is 0.0223. The first-order valence-electron chi connectivity index (χ1n) is 17.7. The lowest BCUT2D eigenvalue weighted by Crippen LogP contribution is -2.60. The van der Waals surface area contributed by atoms with E-state index in [0.717, 1.165) is 95.6 Å². The summed E-state index contributed by atoms with van der Waals surface area (Å²) in [5, 5.41) is 12.9. The first-order valence-corrected chi connectivity index (χ1v) is 17.7. The van der Waals surface area contributed by atoms with Crippen molar-refractivity contribution in [3.63, 3.8) is 0 Å². The van der Waals surface area contributed by atoms with Gasteiger partial charge < -0.3 is 29.3 Å². The highest BCUT2D eigenvalue weighted by atomic mass is 19.1. The summed E-state index contributed by atoms with van der Waals surface area (Å²) in [6, 6.07) is 15.9. The van der Waals surface area contributed by atoms with Crippen molar-refractivity contribution in [2.45, 2.75) is 56.5 Å². The second-order valence-electron chi connectivity index (χ2n) is 14.5. The molecular weight excluding hydrogens is 605 g/mol. The van der Waals surface area contributed by atoms with Crippen LogP contribution < -0.4 is 10.2 Å². The number of carbonyl (C=O) groups is 1. The minimum absolute atomic E-state index is 0.0173. The average molecular weight is 654 g/mol. The zero-order valence-corrected chi connectivity index (χ0v) is 28.1. The van der Waals surface area contributed by atoms with Crippen LogP contribution in [0.15, 0.2) is 61.2 Å². The molecule has 4 fully saturated rings. The van der Waals surface area contributed by atoms with Gasteiger partial charge in [-0.2, -0.15) is 5.26 Å². The maximum atomic E-state index is 15.0. The third-order valence-corrected chi connectivity index (χ3v) is 11.7. The van der Waals surface area contributed by atoms with Gasteiger partial charge in [0.25, 0.3) is 0 Å². The zero-order valence-electron chi connectivity index (χ0n) is 28.1. The average Bonchev–Trinajstić information content (AvgIpc) is 3.75. The van der Waals surface area contributed by atoms with E-state index in [4.69, 9.17) is 4.74 Å². The molecule has 3 atom stereocenters. The van der Waals surface area contributed by atoms with Crippen LogP contribution in [-0.2, 0) is 16.7 Å². The van der Waals surface area contributed by atoms with E-state index in [1.165, 1.54) is 19.2 Å². The first-order chi connectivity index (χ1) is 23.4. The Balaban J connectivity index is 1.03. The van der Waals surface area contributed by atoms with Crippen LogP contribution in [0, 0.1) is 34.9 Å². The lowest BCUT2D eigenvalue weighted by atomic mass is 9.57. The minimum Gasteiger partial charge on any atom is -0.453 e. The van der Waals surface area contributed by atoms with Crippen LogP contribution in [0.4, 0.5) is 14.9 Å². The molecule has 1 amide bonds. The molecule has 1 N–H and O–H groups in total. The van der Waals surface area contributed by atoms with Crippen LogP contribution in [-0.4, -0.2) is 91.0 Å². The van der Waals surface area contributed by atoms with Crippen LogP contribution in [0.3, 0.4) is 0 Å². The normalized spacial score (nSPS) is 23.6. The van der Waals surface area contributed by atoms with Gasteiger partial charge in [0.2, 0.25) is 0 Å². The summed E-state index contributed by atoms with van der Waals surface area (Å²) in [7, 11) is 1.43. The molecule has 4 aliphatic rings. The summed E-state index contributed by atoms with van der Waals surface area (Å²) < 4.78 is 22.0. The fraction of sp³-hybridized carbons (Fsp3) is 0.553. The van der Waals surface area contributed by atoms with Gasteiger partial charge in [-0.1, -0.05) is 18.6 Å². The first kappa shape index (κ1) is 32.6. The van der Waals surface area contributed by atoms with Crippen LogP contribution in [0.2, 0.25) is 0 Å². The molecule has 0 radical (unpaired) electrons. The van der Waals surface area contributed by atoms with Crippen LogP contribution in [0.5, 0.6) is 0 Å². The van der Waals surface area contributed by atoms with Crippen molar-refractivity contribution in [2.75, 3.05) is 64.4 Å². The fourth-order valence-electron chi connectivity index (χ4n) is 9.22. The number of rotatable bonds is 11. The predicted molar refractivity (Wildman–Crippen MR) is 183 cm³/mol. The Labute approximate surface area is 283 Å². The van der Waals surface area contributed by atoms with Crippen molar-refractivity contribution in [3.05, 3.63) is 83.7 Å². The molecule has 9 nitrogen and oxygen atoms in total. The Morgan fingerprint density at radius 1 is 1.06 bits per heavy atom. The molecule has 0 bridgehead atoms. The highest BCUT2D eigenvalue weighted by Crippen LogP contribution is 2.51. The molecule has 3 aromatic rings. The van der Waals surface area contributed by atoms with Crippen molar-refractivity contribution in [1.29, 1.82) is 5.26 Å². The maximum absolute atomic E-state index is 15.0. The van der Waals surface area contributed by atoms with Crippen molar-refractivity contribution in [2.24, 2.45) is 17.8 Å². The monoisotopic (exact) mass is 653 g/mol. The number of carbonyl (C=O) groups excluding carboxylic acids is 1. The van der Waals surface area contributed by atoms with Crippen LogP contribution in [0.1, 0.15) is 55.2 Å². The van der Waals surface area contributed by atoms with E-state index in [1.54, 1.807) is 24.7 Å². The summed E-state index contributed by atoms with van der Waals surface area (Å²) in [5.41, 5.74) is 3.76. The molecule has 1 aromatic heterocycles. The number of nitrogens with zero attached hydrogens (tertiary/aromatic N) is 6. The lowest BCUT2D eigenvalue weighted by Gasteiger charge is -2.54. The Kier molecular flexibility index (Phi) is 9.69. The number of nitriles is 1. The number of amides is 1. The second-order valence-corrected chi connectivity index (χ2v) is 14.5. The van der Waals surface area contributed by atoms with Gasteiger partial charge in [0.15, 0.2) is 0 Å². The Morgan fingerprint density at radius 3 is 2.58 bits per heavy atom. The summed E-state index contributed by atoms with van der Waals surface area (Å²) >= 11 is 0. The van der Waals surface area contributed by atoms with Gasteiger partial charge in [0.1, 0.15) is 5.82 Å². The summed E-state index contributed by atoms with van der Waals surface area (Å²) in [4.78, 5) is 24.2. The standard InChI is InChI=1S/C38H48FN7O2/c1-48-37(47)42-36-8-3-7-35(36)38(26-44-14-4-15-44,32-5-2-6-33(39)20-32)31-11-16-43(17-12-31)22-28-23-46(24-28)34-10-9-29(21-40)30(19-34)25-45-18-13-41-27-45/h2,5-6,9-10,13,18-20,27-28,31,35-36H,3-4,7-8,11-12,14-17,22-26H2,1H3,(H,42,47)/t35-,36-,38?/m0/s1. The van der Waals surface area contributed by atoms with E-state index in [1.807, 2.05) is 22.9 Å². The van der Waals surface area contributed by atoms with Gasteiger partial charge in [-0.25, -0.2) is 14.2 Å². The number of piperidine rings is 1. The summed E-state index contributed by atoms with van der Waals surface area (Å²) in [6.07, 6.45) is 11.4. The maximum Gasteiger partial charge on any atom is 0.407 e. The van der Waals surface area contributed by atoms with E-state index in [9.17, 15) is 14.4 Å². The predicted octanol–water partition coefficient (Wildman–Crippen LogP) is 5.26. The number of likely N-dealkylation sites (tertiary alicyclic amines) is 2. The van der Waals surface area contributed by atoms with Gasteiger partial charge in [0, 0.05) is 68.2 Å². The topological polar surface area (TPSA) is 89.7 Å². The van der Waals surface area contributed by atoms with Gasteiger partial charge in [-0.15, -0.1) is 0 Å². The van der Waals surface area contributed by atoms with E-state index in [0.29, 0.717) is 23.9 Å². The number of ether oxygens (including phenoxy) is 1. The SMILES string of the molecule is COC(=O)N[C@H]1CCC[C@@H]1C(CN1CCC1)(c1cccc(F)c1)C1CCN(CC2CN(c3ccc(C#N)c(Cn4ccnc4)c3)C2)CC1. The number of alkyl carbamates (subject to hydrolysis) is 1. The number of aromatic nitrogens is 2. The molecule has 1 saturated carbocycles. The number of hydrogen-bond donors (Lipinski definition) is 1. The highest BCUT2D eigenvalue weighted by Gasteiger charge is 2.53. The minimum atomic E-state index is -0.371. The molecule has 2 aromatic carbocycles. The second kappa shape index (κ2) is 14.3. The molecule has 1 aliphatic carbocycles. The fourth-order valence-corrected chi connectivity index (χ4v) is 9.22. The van der Waals surface area contributed by atoms with Crippen LogP contribution >= 0.6 is 0 Å². The Bertz CT molecular complexity index is 1590.